The standard InChI is InChI=1S/C17H16Cl2N2O4/c1-24-14-8-13(15(25-2)7-12(14)19)21-17(23)9-16(22)20-11-5-3-4-10(18)6-11/h3-8H,9H2,1-2H3,(H,20,22)(H,21,23). The van der Waals surface area contributed by atoms with Crippen LogP contribution in [0.1, 0.15) is 6.42 Å². The Morgan fingerprint density at radius 2 is 1.64 bits per heavy atom. The van der Waals surface area contributed by atoms with E-state index in [1.165, 1.54) is 26.4 Å². The van der Waals surface area contributed by atoms with Crippen LogP contribution < -0.4 is 20.1 Å². The number of ether oxygens (including phenoxy) is 2. The number of hydrogen-bond acceptors (Lipinski definition) is 4. The minimum atomic E-state index is -0.512. The van der Waals surface area contributed by atoms with Crippen molar-refractivity contribution in [2.45, 2.75) is 6.42 Å². The first kappa shape index (κ1) is 18.9. The lowest BCUT2D eigenvalue weighted by Crippen LogP contribution is -2.21. The highest BCUT2D eigenvalue weighted by atomic mass is 35.5. The molecule has 0 atom stereocenters. The van der Waals surface area contributed by atoms with Gasteiger partial charge in [-0.25, -0.2) is 0 Å². The second-order valence-electron chi connectivity index (χ2n) is 4.97. The predicted molar refractivity (Wildman–Crippen MR) is 97.9 cm³/mol. The van der Waals surface area contributed by atoms with Crippen LogP contribution in [0.3, 0.4) is 0 Å². The Labute approximate surface area is 155 Å². The van der Waals surface area contributed by atoms with E-state index in [2.05, 4.69) is 10.6 Å². The molecule has 132 valence electrons. The monoisotopic (exact) mass is 382 g/mol. The van der Waals surface area contributed by atoms with Crippen molar-refractivity contribution in [2.24, 2.45) is 0 Å². The average molecular weight is 383 g/mol. The van der Waals surface area contributed by atoms with Crippen molar-refractivity contribution < 1.29 is 19.1 Å². The van der Waals surface area contributed by atoms with E-state index in [-0.39, 0.29) is 6.42 Å². The Kier molecular flexibility index (Phi) is 6.50. The normalized spacial score (nSPS) is 10.1. The second-order valence-corrected chi connectivity index (χ2v) is 5.81. The zero-order valence-corrected chi connectivity index (χ0v) is 15.1. The van der Waals surface area contributed by atoms with Gasteiger partial charge in [0.1, 0.15) is 17.9 Å². The molecule has 0 heterocycles. The molecule has 0 aliphatic carbocycles. The van der Waals surface area contributed by atoms with Crippen LogP contribution in [0.15, 0.2) is 36.4 Å². The molecule has 8 heteroatoms. The van der Waals surface area contributed by atoms with Crippen molar-refractivity contribution in [3.8, 4) is 11.5 Å². The van der Waals surface area contributed by atoms with Crippen molar-refractivity contribution in [1.82, 2.24) is 0 Å². The van der Waals surface area contributed by atoms with Crippen LogP contribution in [0.25, 0.3) is 0 Å². The van der Waals surface area contributed by atoms with E-state index in [0.717, 1.165) is 0 Å². The largest absolute Gasteiger partial charge is 0.495 e. The van der Waals surface area contributed by atoms with Crippen molar-refractivity contribution in [3.63, 3.8) is 0 Å². The lowest BCUT2D eigenvalue weighted by Gasteiger charge is -2.13. The summed E-state index contributed by atoms with van der Waals surface area (Å²) >= 11 is 11.9. The van der Waals surface area contributed by atoms with Gasteiger partial charge in [-0.15, -0.1) is 0 Å². The van der Waals surface area contributed by atoms with Crippen LogP contribution >= 0.6 is 23.2 Å². The fourth-order valence-electron chi connectivity index (χ4n) is 2.07. The summed E-state index contributed by atoms with van der Waals surface area (Å²) in [5.41, 5.74) is 0.861. The van der Waals surface area contributed by atoms with Gasteiger partial charge in [0.25, 0.3) is 0 Å². The molecule has 0 aliphatic heterocycles. The molecule has 0 radical (unpaired) electrons. The lowest BCUT2D eigenvalue weighted by molar-refractivity contribution is -0.123. The maximum Gasteiger partial charge on any atom is 0.233 e. The minimum Gasteiger partial charge on any atom is -0.495 e. The summed E-state index contributed by atoms with van der Waals surface area (Å²) in [5.74, 6) is -0.252. The van der Waals surface area contributed by atoms with Crippen LogP contribution in [-0.4, -0.2) is 26.0 Å². The van der Waals surface area contributed by atoms with Gasteiger partial charge in [0, 0.05) is 22.8 Å². The maximum absolute atomic E-state index is 12.1. The second kappa shape index (κ2) is 8.60. The lowest BCUT2D eigenvalue weighted by atomic mass is 10.2. The molecule has 2 aromatic carbocycles. The first-order chi connectivity index (χ1) is 11.9. The van der Waals surface area contributed by atoms with E-state index in [1.807, 2.05) is 0 Å². The Bertz CT molecular complexity index is 796. The van der Waals surface area contributed by atoms with Gasteiger partial charge in [-0.1, -0.05) is 29.3 Å². The Morgan fingerprint density at radius 1 is 0.960 bits per heavy atom. The highest BCUT2D eigenvalue weighted by molar-refractivity contribution is 6.32. The summed E-state index contributed by atoms with van der Waals surface area (Å²) in [6.45, 7) is 0. The van der Waals surface area contributed by atoms with E-state index in [0.29, 0.717) is 32.9 Å². The predicted octanol–water partition coefficient (Wildman–Crippen LogP) is 3.98. The molecule has 25 heavy (non-hydrogen) atoms. The molecule has 2 aromatic rings. The zero-order valence-electron chi connectivity index (χ0n) is 13.6. The molecule has 0 aromatic heterocycles. The van der Waals surface area contributed by atoms with Gasteiger partial charge >= 0.3 is 0 Å². The molecule has 0 saturated carbocycles. The third-order valence-corrected chi connectivity index (χ3v) is 3.71. The maximum atomic E-state index is 12.1. The summed E-state index contributed by atoms with van der Waals surface area (Å²) in [5, 5.41) is 6.03. The van der Waals surface area contributed by atoms with Crippen molar-refractivity contribution >= 4 is 46.4 Å². The van der Waals surface area contributed by atoms with Gasteiger partial charge in [0.05, 0.1) is 24.9 Å². The Balaban J connectivity index is 2.03. The molecular formula is C17H16Cl2N2O4. The number of carbonyl (C=O) groups excluding carboxylic acids is 2. The van der Waals surface area contributed by atoms with Crippen LogP contribution in [0.2, 0.25) is 10.0 Å². The average Bonchev–Trinajstić information content (AvgIpc) is 2.55. The van der Waals surface area contributed by atoms with Gasteiger partial charge in [-0.3, -0.25) is 9.59 Å². The summed E-state index contributed by atoms with van der Waals surface area (Å²) < 4.78 is 10.3. The molecule has 0 saturated heterocycles. The van der Waals surface area contributed by atoms with E-state index in [9.17, 15) is 9.59 Å². The number of carbonyl (C=O) groups is 2. The van der Waals surface area contributed by atoms with Crippen molar-refractivity contribution in [1.29, 1.82) is 0 Å². The first-order valence-electron chi connectivity index (χ1n) is 7.19. The molecule has 0 bridgehead atoms. The third-order valence-electron chi connectivity index (χ3n) is 3.18. The number of halogens is 2. The van der Waals surface area contributed by atoms with Crippen molar-refractivity contribution in [3.05, 3.63) is 46.4 Å². The van der Waals surface area contributed by atoms with Gasteiger partial charge in [-0.05, 0) is 18.2 Å². The number of methoxy groups -OCH3 is 2. The Morgan fingerprint density at radius 3 is 2.28 bits per heavy atom. The molecule has 0 aliphatic rings. The zero-order chi connectivity index (χ0) is 18.4. The van der Waals surface area contributed by atoms with Crippen LogP contribution in [0.5, 0.6) is 11.5 Å². The van der Waals surface area contributed by atoms with Crippen molar-refractivity contribution in [2.75, 3.05) is 24.9 Å². The highest BCUT2D eigenvalue weighted by Gasteiger charge is 2.15. The SMILES string of the molecule is COc1cc(NC(=O)CC(=O)Nc2cccc(Cl)c2)c(OC)cc1Cl. The number of nitrogens with one attached hydrogen (secondary N) is 2. The van der Waals surface area contributed by atoms with E-state index in [1.54, 1.807) is 24.3 Å². The molecule has 2 rings (SSSR count). The number of rotatable bonds is 6. The topological polar surface area (TPSA) is 76.7 Å². The molecular weight excluding hydrogens is 367 g/mol. The molecule has 0 unspecified atom stereocenters. The molecule has 0 spiro atoms. The smallest absolute Gasteiger partial charge is 0.233 e. The third kappa shape index (κ3) is 5.27. The molecule has 6 nitrogen and oxygen atoms in total. The molecule has 2 amide bonds. The summed E-state index contributed by atoms with van der Waals surface area (Å²) in [4.78, 5) is 24.1. The summed E-state index contributed by atoms with van der Waals surface area (Å²) in [6, 6.07) is 9.68. The highest BCUT2D eigenvalue weighted by Crippen LogP contribution is 2.35. The number of amides is 2. The molecule has 0 fully saturated rings. The number of benzene rings is 2. The fraction of sp³-hybridized carbons (Fsp3) is 0.176. The van der Waals surface area contributed by atoms with Gasteiger partial charge < -0.3 is 20.1 Å². The van der Waals surface area contributed by atoms with Gasteiger partial charge in [-0.2, -0.15) is 0 Å². The van der Waals surface area contributed by atoms with E-state index < -0.39 is 11.8 Å². The molecule has 2 N–H and O–H groups in total. The number of hydrogen-bond donors (Lipinski definition) is 2. The fourth-order valence-corrected chi connectivity index (χ4v) is 2.49. The van der Waals surface area contributed by atoms with Gasteiger partial charge in [0.15, 0.2) is 0 Å². The van der Waals surface area contributed by atoms with Crippen LogP contribution in [-0.2, 0) is 9.59 Å². The van der Waals surface area contributed by atoms with Gasteiger partial charge in [0.2, 0.25) is 11.8 Å². The first-order valence-corrected chi connectivity index (χ1v) is 7.95. The quantitative estimate of drug-likeness (QED) is 0.740. The van der Waals surface area contributed by atoms with E-state index >= 15 is 0 Å². The van der Waals surface area contributed by atoms with E-state index in [4.69, 9.17) is 32.7 Å². The summed E-state index contributed by atoms with van der Waals surface area (Å²) in [6.07, 6.45) is -0.374. The van der Waals surface area contributed by atoms with Crippen LogP contribution in [0, 0.1) is 0 Å². The van der Waals surface area contributed by atoms with Crippen LogP contribution in [0.4, 0.5) is 11.4 Å². The number of anilines is 2. The minimum absolute atomic E-state index is 0.344. The Hall–Kier alpha value is -2.44. The summed E-state index contributed by atoms with van der Waals surface area (Å²) in [7, 11) is 2.90.